The third-order valence-corrected chi connectivity index (χ3v) is 2.30. The Hall–Kier alpha value is -1.91. The minimum Gasteiger partial charge on any atom is -0.456 e. The lowest BCUT2D eigenvalue weighted by Gasteiger charge is -2.19. The number of nitro groups is 1. The van der Waals surface area contributed by atoms with E-state index in [-0.39, 0.29) is 11.3 Å². The van der Waals surface area contributed by atoms with Gasteiger partial charge in [0.15, 0.2) is 0 Å². The molecule has 5 heteroatoms. The maximum absolute atomic E-state index is 11.8. The van der Waals surface area contributed by atoms with Crippen LogP contribution in [0.25, 0.3) is 0 Å². The summed E-state index contributed by atoms with van der Waals surface area (Å²) in [7, 11) is 0. The number of carbonyl (C=O) groups excluding carboxylic acids is 1. The fourth-order valence-electron chi connectivity index (χ4n) is 1.50. The van der Waals surface area contributed by atoms with Crippen LogP contribution in [0.3, 0.4) is 0 Å². The lowest BCUT2D eigenvalue weighted by molar-refractivity contribution is -0.385. The van der Waals surface area contributed by atoms with Gasteiger partial charge in [0.1, 0.15) is 5.60 Å². The fraction of sp³-hybridized carbons (Fsp3) is 0.462. The largest absolute Gasteiger partial charge is 0.456 e. The van der Waals surface area contributed by atoms with Crippen LogP contribution in [-0.2, 0) is 11.2 Å². The molecule has 0 unspecified atom stereocenters. The van der Waals surface area contributed by atoms with Crippen molar-refractivity contribution in [3.63, 3.8) is 0 Å². The third-order valence-electron chi connectivity index (χ3n) is 2.30. The van der Waals surface area contributed by atoms with E-state index in [0.29, 0.717) is 12.0 Å². The molecule has 98 valence electrons. The predicted molar refractivity (Wildman–Crippen MR) is 67.6 cm³/mol. The van der Waals surface area contributed by atoms with Crippen LogP contribution in [0.2, 0.25) is 0 Å². The summed E-state index contributed by atoms with van der Waals surface area (Å²) in [6.45, 7) is 7.08. The maximum Gasteiger partial charge on any atom is 0.338 e. The van der Waals surface area contributed by atoms with E-state index < -0.39 is 16.5 Å². The molecule has 0 heterocycles. The first kappa shape index (κ1) is 14.2. The van der Waals surface area contributed by atoms with E-state index in [1.807, 2.05) is 6.92 Å². The molecule has 0 aliphatic carbocycles. The average molecular weight is 251 g/mol. The van der Waals surface area contributed by atoms with E-state index in [9.17, 15) is 14.9 Å². The number of rotatable bonds is 3. The van der Waals surface area contributed by atoms with Crippen LogP contribution in [0.15, 0.2) is 18.2 Å². The van der Waals surface area contributed by atoms with E-state index in [2.05, 4.69) is 0 Å². The number of nitro benzene ring substituents is 1. The molecule has 0 aromatic heterocycles. The summed E-state index contributed by atoms with van der Waals surface area (Å²) in [5, 5.41) is 10.9. The van der Waals surface area contributed by atoms with Crippen molar-refractivity contribution in [3.8, 4) is 0 Å². The molecule has 0 spiro atoms. The highest BCUT2D eigenvalue weighted by Crippen LogP contribution is 2.22. The molecule has 0 aliphatic heterocycles. The van der Waals surface area contributed by atoms with Gasteiger partial charge in [-0.3, -0.25) is 10.1 Å². The Bertz CT molecular complexity index is 474. The first-order chi connectivity index (χ1) is 8.24. The Balaban J connectivity index is 3.09. The molecule has 1 aromatic carbocycles. The summed E-state index contributed by atoms with van der Waals surface area (Å²) < 4.78 is 5.17. The summed E-state index contributed by atoms with van der Waals surface area (Å²) in [6, 6.07) is 4.42. The monoisotopic (exact) mass is 251 g/mol. The standard InChI is InChI=1S/C13H17NO4/c1-5-9-6-7-10(8-11(9)14(16)17)12(15)18-13(2,3)4/h6-8H,5H2,1-4H3. The fourth-order valence-corrected chi connectivity index (χ4v) is 1.50. The van der Waals surface area contributed by atoms with Gasteiger partial charge < -0.3 is 4.74 Å². The number of esters is 1. The molecule has 0 bridgehead atoms. The summed E-state index contributed by atoms with van der Waals surface area (Å²) in [4.78, 5) is 22.2. The molecule has 0 fully saturated rings. The van der Waals surface area contributed by atoms with Crippen LogP contribution in [0.4, 0.5) is 5.69 Å². The van der Waals surface area contributed by atoms with Gasteiger partial charge in [0.25, 0.3) is 5.69 Å². The molecule has 5 nitrogen and oxygen atoms in total. The molecule has 18 heavy (non-hydrogen) atoms. The van der Waals surface area contributed by atoms with Crippen molar-refractivity contribution in [2.75, 3.05) is 0 Å². The molecule has 0 atom stereocenters. The second-order valence-electron chi connectivity index (χ2n) is 4.96. The van der Waals surface area contributed by atoms with Crippen molar-refractivity contribution in [1.82, 2.24) is 0 Å². The zero-order chi connectivity index (χ0) is 13.9. The summed E-state index contributed by atoms with van der Waals surface area (Å²) in [5.74, 6) is -0.548. The molecule has 0 aliphatic rings. The van der Waals surface area contributed by atoms with Crippen molar-refractivity contribution >= 4 is 11.7 Å². The number of hydrogen-bond acceptors (Lipinski definition) is 4. The summed E-state index contributed by atoms with van der Waals surface area (Å²) in [5.41, 5.74) is 0.150. The molecule has 0 amide bonds. The zero-order valence-corrected chi connectivity index (χ0v) is 11.0. The second-order valence-corrected chi connectivity index (χ2v) is 4.96. The predicted octanol–water partition coefficient (Wildman–Crippen LogP) is 3.11. The molecular formula is C13H17NO4. The quantitative estimate of drug-likeness (QED) is 0.470. The SMILES string of the molecule is CCc1ccc(C(=O)OC(C)(C)C)cc1[N+](=O)[O-]. The van der Waals surface area contributed by atoms with Crippen LogP contribution in [-0.4, -0.2) is 16.5 Å². The Morgan fingerprint density at radius 2 is 2.00 bits per heavy atom. The minimum atomic E-state index is -0.616. The van der Waals surface area contributed by atoms with Gasteiger partial charge in [-0.1, -0.05) is 13.0 Å². The summed E-state index contributed by atoms with van der Waals surface area (Å²) in [6.07, 6.45) is 0.547. The van der Waals surface area contributed by atoms with Gasteiger partial charge in [-0.15, -0.1) is 0 Å². The second kappa shape index (κ2) is 5.16. The van der Waals surface area contributed by atoms with Gasteiger partial charge in [-0.25, -0.2) is 4.79 Å². The van der Waals surface area contributed by atoms with E-state index >= 15 is 0 Å². The van der Waals surface area contributed by atoms with Gasteiger partial charge in [-0.05, 0) is 33.3 Å². The molecule has 0 saturated carbocycles. The Labute approximate surface area is 106 Å². The van der Waals surface area contributed by atoms with Crippen molar-refractivity contribution < 1.29 is 14.5 Å². The molecule has 0 saturated heterocycles. The lowest BCUT2D eigenvalue weighted by atomic mass is 10.1. The topological polar surface area (TPSA) is 69.4 Å². The highest BCUT2D eigenvalue weighted by atomic mass is 16.6. The van der Waals surface area contributed by atoms with Gasteiger partial charge in [0, 0.05) is 11.6 Å². The number of ether oxygens (including phenoxy) is 1. The lowest BCUT2D eigenvalue weighted by Crippen LogP contribution is -2.24. The molecule has 1 aromatic rings. The van der Waals surface area contributed by atoms with E-state index in [1.165, 1.54) is 6.07 Å². The molecular weight excluding hydrogens is 234 g/mol. The zero-order valence-electron chi connectivity index (χ0n) is 11.0. The number of aryl methyl sites for hydroxylation is 1. The number of carbonyl (C=O) groups is 1. The average Bonchev–Trinajstić information content (AvgIpc) is 2.25. The summed E-state index contributed by atoms with van der Waals surface area (Å²) >= 11 is 0. The first-order valence-corrected chi connectivity index (χ1v) is 5.75. The van der Waals surface area contributed by atoms with Gasteiger partial charge in [0.2, 0.25) is 0 Å². The Morgan fingerprint density at radius 1 is 1.39 bits per heavy atom. The van der Waals surface area contributed by atoms with Crippen LogP contribution in [0, 0.1) is 10.1 Å². The van der Waals surface area contributed by atoms with Gasteiger partial charge in [-0.2, -0.15) is 0 Å². The normalized spacial score (nSPS) is 11.1. The highest BCUT2D eigenvalue weighted by Gasteiger charge is 2.21. The molecule has 0 radical (unpaired) electrons. The minimum absolute atomic E-state index is 0.0409. The Morgan fingerprint density at radius 3 is 2.44 bits per heavy atom. The van der Waals surface area contributed by atoms with Crippen LogP contribution >= 0.6 is 0 Å². The number of hydrogen-bond donors (Lipinski definition) is 0. The third kappa shape index (κ3) is 3.55. The van der Waals surface area contributed by atoms with Gasteiger partial charge >= 0.3 is 5.97 Å². The van der Waals surface area contributed by atoms with Gasteiger partial charge in [0.05, 0.1) is 10.5 Å². The van der Waals surface area contributed by atoms with E-state index in [4.69, 9.17) is 4.74 Å². The van der Waals surface area contributed by atoms with Crippen molar-refractivity contribution in [2.24, 2.45) is 0 Å². The number of nitrogens with zero attached hydrogens (tertiary/aromatic N) is 1. The maximum atomic E-state index is 11.8. The smallest absolute Gasteiger partial charge is 0.338 e. The number of benzene rings is 1. The van der Waals surface area contributed by atoms with Crippen molar-refractivity contribution in [1.29, 1.82) is 0 Å². The van der Waals surface area contributed by atoms with Crippen LogP contribution < -0.4 is 0 Å². The van der Waals surface area contributed by atoms with Crippen LogP contribution in [0.5, 0.6) is 0 Å². The first-order valence-electron chi connectivity index (χ1n) is 5.75. The van der Waals surface area contributed by atoms with Crippen molar-refractivity contribution in [2.45, 2.75) is 39.7 Å². The Kier molecular flexibility index (Phi) is 4.06. The molecule has 1 rings (SSSR count). The van der Waals surface area contributed by atoms with E-state index in [1.54, 1.807) is 32.9 Å². The van der Waals surface area contributed by atoms with E-state index in [0.717, 1.165) is 0 Å². The van der Waals surface area contributed by atoms with Crippen LogP contribution in [0.1, 0.15) is 43.6 Å². The highest BCUT2D eigenvalue weighted by molar-refractivity contribution is 5.90. The molecule has 0 N–H and O–H groups in total. The van der Waals surface area contributed by atoms with Crippen molar-refractivity contribution in [3.05, 3.63) is 39.4 Å².